The maximum absolute atomic E-state index is 12.8. The molecule has 2 heterocycles. The molecular formula is C21H29NO5. The Balaban J connectivity index is 1.81. The molecule has 0 radical (unpaired) electrons. The van der Waals surface area contributed by atoms with Gasteiger partial charge in [0.05, 0.1) is 26.2 Å². The van der Waals surface area contributed by atoms with Crippen molar-refractivity contribution in [3.05, 3.63) is 17.7 Å². The minimum atomic E-state index is -0.575. The zero-order chi connectivity index (χ0) is 19.6. The highest BCUT2D eigenvalue weighted by Gasteiger charge is 2.45. The Bertz CT molecular complexity index is 718. The van der Waals surface area contributed by atoms with E-state index in [4.69, 9.17) is 14.2 Å². The van der Waals surface area contributed by atoms with Crippen molar-refractivity contribution in [2.24, 2.45) is 5.92 Å². The van der Waals surface area contributed by atoms with Gasteiger partial charge in [-0.15, -0.1) is 0 Å². The van der Waals surface area contributed by atoms with Crippen molar-refractivity contribution in [3.8, 4) is 17.2 Å². The number of benzene rings is 1. The van der Waals surface area contributed by atoms with E-state index in [1.807, 2.05) is 4.90 Å². The largest absolute Gasteiger partial charge is 0.493 e. The molecule has 2 aliphatic heterocycles. The van der Waals surface area contributed by atoms with Gasteiger partial charge in [-0.05, 0) is 25.0 Å². The Morgan fingerprint density at radius 2 is 1.85 bits per heavy atom. The number of hydrogen-bond donors (Lipinski definition) is 0. The van der Waals surface area contributed by atoms with Crippen LogP contribution in [0.4, 0.5) is 0 Å². The number of ether oxygens (including phenoxy) is 3. The van der Waals surface area contributed by atoms with E-state index in [-0.39, 0.29) is 17.6 Å². The van der Waals surface area contributed by atoms with Crippen molar-refractivity contribution in [3.63, 3.8) is 0 Å². The van der Waals surface area contributed by atoms with Crippen LogP contribution in [0.15, 0.2) is 12.1 Å². The molecule has 27 heavy (non-hydrogen) atoms. The molecule has 1 aromatic carbocycles. The average molecular weight is 375 g/mol. The van der Waals surface area contributed by atoms with Crippen molar-refractivity contribution in [1.82, 2.24) is 4.90 Å². The van der Waals surface area contributed by atoms with Crippen LogP contribution in [-0.4, -0.2) is 49.5 Å². The topological polar surface area (TPSA) is 65.1 Å². The van der Waals surface area contributed by atoms with Crippen molar-refractivity contribution in [1.29, 1.82) is 0 Å². The van der Waals surface area contributed by atoms with Crippen LogP contribution in [0.25, 0.3) is 0 Å². The van der Waals surface area contributed by atoms with E-state index in [2.05, 4.69) is 13.8 Å². The second-order valence-corrected chi connectivity index (χ2v) is 7.40. The summed E-state index contributed by atoms with van der Waals surface area (Å²) in [7, 11) is 3.11. The molecule has 6 nitrogen and oxygen atoms in total. The Morgan fingerprint density at radius 1 is 1.19 bits per heavy atom. The van der Waals surface area contributed by atoms with Gasteiger partial charge in [0.2, 0.25) is 11.7 Å². The molecule has 1 saturated heterocycles. The summed E-state index contributed by atoms with van der Waals surface area (Å²) in [6, 6.07) is 3.46. The minimum absolute atomic E-state index is 0.0528. The predicted octanol–water partition coefficient (Wildman–Crippen LogP) is 3.47. The fourth-order valence-electron chi connectivity index (χ4n) is 4.17. The normalized spacial score (nSPS) is 18.3. The predicted molar refractivity (Wildman–Crippen MR) is 102 cm³/mol. The molecule has 6 heteroatoms. The smallest absolute Gasteiger partial charge is 0.225 e. The molecular weight excluding hydrogens is 346 g/mol. The molecule has 0 unspecified atom stereocenters. The lowest BCUT2D eigenvalue weighted by Gasteiger charge is -2.44. The van der Waals surface area contributed by atoms with E-state index in [0.29, 0.717) is 55.2 Å². The standard InChI is InChI=1S/C21H29NO5/c1-5-14(6-2)20(24)22-11-9-21(10-12-22)13-16(23)15-7-8-17(25-3)19(26-4)18(15)27-21/h7-8,14H,5-6,9-13H2,1-4H3. The van der Waals surface area contributed by atoms with Gasteiger partial charge in [-0.1, -0.05) is 13.8 Å². The number of amides is 1. The number of carbonyl (C=O) groups excluding carboxylic acids is 2. The highest BCUT2D eigenvalue weighted by Crippen LogP contribution is 2.47. The van der Waals surface area contributed by atoms with Gasteiger partial charge in [-0.25, -0.2) is 0 Å². The zero-order valence-corrected chi connectivity index (χ0v) is 16.7. The molecule has 0 saturated carbocycles. The Labute approximate surface area is 160 Å². The summed E-state index contributed by atoms with van der Waals surface area (Å²) >= 11 is 0. The number of ketones is 1. The third-order valence-electron chi connectivity index (χ3n) is 5.92. The first kappa shape index (κ1) is 19.5. The lowest BCUT2D eigenvalue weighted by atomic mass is 9.82. The molecule has 1 amide bonds. The van der Waals surface area contributed by atoms with E-state index < -0.39 is 5.60 Å². The van der Waals surface area contributed by atoms with Gasteiger partial charge in [0.25, 0.3) is 0 Å². The van der Waals surface area contributed by atoms with Gasteiger partial charge < -0.3 is 19.1 Å². The van der Waals surface area contributed by atoms with Gasteiger partial charge in [-0.3, -0.25) is 9.59 Å². The van der Waals surface area contributed by atoms with Crippen LogP contribution in [0.2, 0.25) is 0 Å². The fraction of sp³-hybridized carbons (Fsp3) is 0.619. The minimum Gasteiger partial charge on any atom is -0.493 e. The number of methoxy groups -OCH3 is 2. The highest BCUT2D eigenvalue weighted by atomic mass is 16.5. The Hall–Kier alpha value is -2.24. The van der Waals surface area contributed by atoms with E-state index in [9.17, 15) is 9.59 Å². The van der Waals surface area contributed by atoms with Gasteiger partial charge in [0.15, 0.2) is 17.3 Å². The number of carbonyl (C=O) groups is 2. The molecule has 1 fully saturated rings. The number of hydrogen-bond acceptors (Lipinski definition) is 5. The van der Waals surface area contributed by atoms with E-state index in [1.54, 1.807) is 26.4 Å². The van der Waals surface area contributed by atoms with Gasteiger partial charge in [0, 0.05) is 31.8 Å². The number of nitrogens with zero attached hydrogens (tertiary/aromatic N) is 1. The maximum atomic E-state index is 12.8. The van der Waals surface area contributed by atoms with Crippen LogP contribution >= 0.6 is 0 Å². The number of piperidine rings is 1. The number of likely N-dealkylation sites (tertiary alicyclic amines) is 1. The summed E-state index contributed by atoms with van der Waals surface area (Å²) < 4.78 is 17.2. The van der Waals surface area contributed by atoms with Gasteiger partial charge in [-0.2, -0.15) is 0 Å². The second-order valence-electron chi connectivity index (χ2n) is 7.40. The third kappa shape index (κ3) is 3.49. The van der Waals surface area contributed by atoms with Gasteiger partial charge in [0.1, 0.15) is 5.60 Å². The summed E-state index contributed by atoms with van der Waals surface area (Å²) in [5, 5.41) is 0. The number of fused-ring (bicyclic) bond motifs is 1. The molecule has 0 atom stereocenters. The van der Waals surface area contributed by atoms with Crippen LogP contribution in [0, 0.1) is 5.92 Å². The maximum Gasteiger partial charge on any atom is 0.225 e. The summed E-state index contributed by atoms with van der Waals surface area (Å²) in [5.74, 6) is 1.82. The molecule has 1 spiro atoms. The molecule has 148 valence electrons. The van der Waals surface area contributed by atoms with E-state index >= 15 is 0 Å². The molecule has 0 aliphatic carbocycles. The first-order valence-electron chi connectivity index (χ1n) is 9.74. The molecule has 0 bridgehead atoms. The van der Waals surface area contributed by atoms with E-state index in [1.165, 1.54) is 0 Å². The van der Waals surface area contributed by atoms with E-state index in [0.717, 1.165) is 12.8 Å². The first-order valence-corrected chi connectivity index (χ1v) is 9.74. The quantitative estimate of drug-likeness (QED) is 0.788. The number of rotatable bonds is 5. The van der Waals surface area contributed by atoms with Crippen LogP contribution in [0.5, 0.6) is 17.2 Å². The summed E-state index contributed by atoms with van der Waals surface area (Å²) in [4.78, 5) is 27.4. The van der Waals surface area contributed by atoms with Crippen molar-refractivity contribution in [2.45, 2.75) is 51.6 Å². The number of Topliss-reactive ketones (excluding diaryl/α,β-unsaturated/α-hetero) is 1. The first-order chi connectivity index (χ1) is 13.0. The SMILES string of the molecule is CCC(CC)C(=O)N1CCC2(CC1)CC(=O)c1ccc(OC)c(OC)c1O2. The van der Waals surface area contributed by atoms with Crippen LogP contribution in [-0.2, 0) is 4.79 Å². The summed E-state index contributed by atoms with van der Waals surface area (Å²) in [6.45, 7) is 5.34. The van der Waals surface area contributed by atoms with Crippen LogP contribution in [0.1, 0.15) is 56.3 Å². The average Bonchev–Trinajstić information content (AvgIpc) is 2.68. The second kappa shape index (κ2) is 7.79. The molecule has 3 rings (SSSR count). The van der Waals surface area contributed by atoms with Crippen LogP contribution < -0.4 is 14.2 Å². The Kier molecular flexibility index (Phi) is 5.63. The monoisotopic (exact) mass is 375 g/mol. The summed E-state index contributed by atoms with van der Waals surface area (Å²) in [5.41, 5.74) is -0.0390. The van der Waals surface area contributed by atoms with Crippen molar-refractivity contribution >= 4 is 11.7 Å². The van der Waals surface area contributed by atoms with Crippen LogP contribution in [0.3, 0.4) is 0 Å². The molecule has 2 aliphatic rings. The lowest BCUT2D eigenvalue weighted by molar-refractivity contribution is -0.139. The highest BCUT2D eigenvalue weighted by molar-refractivity contribution is 6.01. The van der Waals surface area contributed by atoms with Crippen molar-refractivity contribution < 1.29 is 23.8 Å². The Morgan fingerprint density at radius 3 is 2.41 bits per heavy atom. The van der Waals surface area contributed by atoms with Crippen molar-refractivity contribution in [2.75, 3.05) is 27.3 Å². The third-order valence-corrected chi connectivity index (χ3v) is 5.92. The van der Waals surface area contributed by atoms with Gasteiger partial charge >= 0.3 is 0 Å². The molecule has 0 aromatic heterocycles. The molecule has 1 aromatic rings. The fourth-order valence-corrected chi connectivity index (χ4v) is 4.17. The zero-order valence-electron chi connectivity index (χ0n) is 16.7. The summed E-state index contributed by atoms with van der Waals surface area (Å²) in [6.07, 6.45) is 3.34. The lowest BCUT2D eigenvalue weighted by Crippen LogP contribution is -2.53. The molecule has 0 N–H and O–H groups in total.